The average Bonchev–Trinajstić information content (AvgIpc) is 2.41. The lowest BCUT2D eigenvalue weighted by Gasteiger charge is -2.24. The van der Waals surface area contributed by atoms with E-state index in [1.54, 1.807) is 0 Å². The molecular formula is C12H22O8. The lowest BCUT2D eigenvalue weighted by Crippen LogP contribution is -2.49. The summed E-state index contributed by atoms with van der Waals surface area (Å²) in [6.45, 7) is 2.88. The van der Waals surface area contributed by atoms with E-state index in [2.05, 4.69) is 4.74 Å². The molecule has 0 aliphatic rings. The number of aliphatic hydroxyl groups is 5. The van der Waals surface area contributed by atoms with E-state index in [-0.39, 0.29) is 12.3 Å². The minimum Gasteiger partial charge on any atom is -0.394 e. The van der Waals surface area contributed by atoms with Crippen LogP contribution in [0, 0.1) is 5.92 Å². The molecule has 0 fully saturated rings. The number of hydrogen-bond acceptors (Lipinski definition) is 8. The third-order valence-electron chi connectivity index (χ3n) is 2.64. The van der Waals surface area contributed by atoms with Gasteiger partial charge in [-0.2, -0.15) is 0 Å². The van der Waals surface area contributed by atoms with Crippen molar-refractivity contribution >= 4 is 11.9 Å². The van der Waals surface area contributed by atoms with Crippen molar-refractivity contribution < 1.29 is 39.9 Å². The molecule has 118 valence electrons. The van der Waals surface area contributed by atoms with Crippen molar-refractivity contribution in [1.82, 2.24) is 0 Å². The zero-order chi connectivity index (χ0) is 15.9. The van der Waals surface area contributed by atoms with Gasteiger partial charge in [-0.05, 0) is 12.3 Å². The van der Waals surface area contributed by atoms with Gasteiger partial charge in [-0.1, -0.05) is 13.8 Å². The Kier molecular flexibility index (Phi) is 8.51. The second-order valence-electron chi connectivity index (χ2n) is 4.90. The Hall–Kier alpha value is -1.06. The summed E-state index contributed by atoms with van der Waals surface area (Å²) < 4.78 is 4.30. The predicted octanol–water partition coefficient (Wildman–Crippen LogP) is -2.07. The topological polar surface area (TPSA) is 145 Å². The van der Waals surface area contributed by atoms with Gasteiger partial charge < -0.3 is 30.3 Å². The van der Waals surface area contributed by atoms with Gasteiger partial charge >= 0.3 is 11.9 Å². The van der Waals surface area contributed by atoms with Crippen LogP contribution in [0.25, 0.3) is 0 Å². The van der Waals surface area contributed by atoms with E-state index in [1.807, 2.05) is 13.8 Å². The molecule has 5 N–H and O–H groups in total. The molecule has 0 spiro atoms. The molecule has 0 aromatic heterocycles. The Morgan fingerprint density at radius 2 is 1.60 bits per heavy atom. The van der Waals surface area contributed by atoms with E-state index >= 15 is 0 Å². The molecule has 4 atom stereocenters. The summed E-state index contributed by atoms with van der Waals surface area (Å²) in [6.07, 6.45) is -7.49. The lowest BCUT2D eigenvalue weighted by molar-refractivity contribution is -0.177. The molecule has 0 aromatic carbocycles. The van der Waals surface area contributed by atoms with Crippen molar-refractivity contribution in [1.29, 1.82) is 0 Å². The van der Waals surface area contributed by atoms with Crippen molar-refractivity contribution in [2.45, 2.75) is 51.1 Å². The molecule has 0 unspecified atom stereocenters. The lowest BCUT2D eigenvalue weighted by atomic mass is 10.0. The van der Waals surface area contributed by atoms with Gasteiger partial charge in [0.2, 0.25) is 0 Å². The summed E-state index contributed by atoms with van der Waals surface area (Å²) >= 11 is 0. The van der Waals surface area contributed by atoms with E-state index in [0.29, 0.717) is 6.42 Å². The maximum Gasteiger partial charge on any atom is 0.345 e. The number of rotatable bonds is 8. The Balaban J connectivity index is 4.36. The number of carbonyl (C=O) groups is 2. The van der Waals surface area contributed by atoms with Crippen LogP contribution in [0.4, 0.5) is 0 Å². The van der Waals surface area contributed by atoms with E-state index in [4.69, 9.17) is 10.2 Å². The molecule has 0 heterocycles. The summed E-state index contributed by atoms with van der Waals surface area (Å²) in [5.41, 5.74) is 0. The molecule has 0 bridgehead atoms. The van der Waals surface area contributed by atoms with Gasteiger partial charge in [-0.3, -0.25) is 4.79 Å². The first-order chi connectivity index (χ1) is 9.20. The number of hydrogen-bond donors (Lipinski definition) is 5. The quantitative estimate of drug-likeness (QED) is 0.253. The number of aliphatic hydroxyl groups excluding tert-OH is 5. The minimum absolute atomic E-state index is 0.0198. The second kappa shape index (κ2) is 8.98. The van der Waals surface area contributed by atoms with Gasteiger partial charge in [0.05, 0.1) is 6.61 Å². The largest absolute Gasteiger partial charge is 0.394 e. The second-order valence-corrected chi connectivity index (χ2v) is 4.90. The van der Waals surface area contributed by atoms with Crippen molar-refractivity contribution in [2.24, 2.45) is 5.92 Å². The molecule has 0 saturated heterocycles. The average molecular weight is 294 g/mol. The SMILES string of the molecule is CC(C)CCC(=O)OC(=O)[C@H](O)[C@@H](O)[C@H](O)[C@H](O)CO. The van der Waals surface area contributed by atoms with Gasteiger partial charge in [-0.25, -0.2) is 4.79 Å². The van der Waals surface area contributed by atoms with Crippen LogP contribution in [-0.4, -0.2) is 68.5 Å². The molecule has 0 aliphatic heterocycles. The van der Waals surface area contributed by atoms with Crippen LogP contribution in [0.5, 0.6) is 0 Å². The maximum atomic E-state index is 11.3. The molecule has 20 heavy (non-hydrogen) atoms. The normalized spacial score (nSPS) is 17.4. The third kappa shape index (κ3) is 6.40. The zero-order valence-corrected chi connectivity index (χ0v) is 11.5. The van der Waals surface area contributed by atoms with Crippen molar-refractivity contribution in [3.05, 3.63) is 0 Å². The summed E-state index contributed by atoms with van der Waals surface area (Å²) in [6, 6.07) is 0. The fourth-order valence-electron chi connectivity index (χ4n) is 1.29. The van der Waals surface area contributed by atoms with Gasteiger partial charge in [0.25, 0.3) is 0 Å². The van der Waals surface area contributed by atoms with Crippen LogP contribution in [0.2, 0.25) is 0 Å². The first kappa shape index (κ1) is 18.9. The van der Waals surface area contributed by atoms with Crippen LogP contribution < -0.4 is 0 Å². The highest BCUT2D eigenvalue weighted by Gasteiger charge is 2.35. The number of esters is 2. The van der Waals surface area contributed by atoms with Gasteiger partial charge in [0.15, 0.2) is 6.10 Å². The van der Waals surface area contributed by atoms with Crippen LogP contribution in [-0.2, 0) is 14.3 Å². The molecule has 0 radical (unpaired) electrons. The van der Waals surface area contributed by atoms with E-state index in [9.17, 15) is 24.9 Å². The highest BCUT2D eigenvalue weighted by Crippen LogP contribution is 2.09. The molecule has 0 aliphatic carbocycles. The van der Waals surface area contributed by atoms with Gasteiger partial charge in [0, 0.05) is 6.42 Å². The van der Waals surface area contributed by atoms with Crippen molar-refractivity contribution in [2.75, 3.05) is 6.61 Å². The minimum atomic E-state index is -2.20. The summed E-state index contributed by atoms with van der Waals surface area (Å²) in [5, 5.41) is 45.7. The molecular weight excluding hydrogens is 272 g/mol. The number of ether oxygens (including phenoxy) is 1. The molecule has 8 nitrogen and oxygen atoms in total. The predicted molar refractivity (Wildman–Crippen MR) is 66.3 cm³/mol. The molecule has 0 rings (SSSR count). The van der Waals surface area contributed by atoms with Crippen LogP contribution in [0.15, 0.2) is 0 Å². The monoisotopic (exact) mass is 294 g/mol. The van der Waals surface area contributed by atoms with E-state index in [0.717, 1.165) is 0 Å². The Morgan fingerprint density at radius 1 is 1.05 bits per heavy atom. The highest BCUT2D eigenvalue weighted by molar-refractivity contribution is 5.88. The third-order valence-corrected chi connectivity index (χ3v) is 2.64. The summed E-state index contributed by atoms with van der Waals surface area (Å²) in [7, 11) is 0. The smallest absolute Gasteiger partial charge is 0.345 e. The summed E-state index contributed by atoms with van der Waals surface area (Å²) in [4.78, 5) is 22.6. The van der Waals surface area contributed by atoms with Gasteiger partial charge in [0.1, 0.15) is 18.3 Å². The zero-order valence-electron chi connectivity index (χ0n) is 11.5. The van der Waals surface area contributed by atoms with Crippen molar-refractivity contribution in [3.8, 4) is 0 Å². The van der Waals surface area contributed by atoms with Crippen LogP contribution in [0.3, 0.4) is 0 Å². The fourth-order valence-corrected chi connectivity index (χ4v) is 1.29. The van der Waals surface area contributed by atoms with E-state index < -0.39 is 43.0 Å². The van der Waals surface area contributed by atoms with Gasteiger partial charge in [-0.15, -0.1) is 0 Å². The van der Waals surface area contributed by atoms with E-state index in [1.165, 1.54) is 0 Å². The van der Waals surface area contributed by atoms with Crippen LogP contribution in [0.1, 0.15) is 26.7 Å². The molecule has 0 aromatic rings. The number of carbonyl (C=O) groups excluding carboxylic acids is 2. The molecule has 8 heteroatoms. The maximum absolute atomic E-state index is 11.3. The molecule has 0 amide bonds. The Labute approximate surface area is 116 Å². The fraction of sp³-hybridized carbons (Fsp3) is 0.833. The standard InChI is InChI=1S/C12H22O8/c1-6(2)3-4-8(15)20-12(19)11(18)10(17)9(16)7(14)5-13/h6-7,9-11,13-14,16-18H,3-5H2,1-2H3/t7-,9-,10+,11-/m1/s1. The highest BCUT2D eigenvalue weighted by atomic mass is 16.6. The van der Waals surface area contributed by atoms with Crippen LogP contribution >= 0.6 is 0 Å². The van der Waals surface area contributed by atoms with Crippen molar-refractivity contribution in [3.63, 3.8) is 0 Å². The molecule has 0 saturated carbocycles. The Bertz CT molecular complexity index is 317. The first-order valence-electron chi connectivity index (χ1n) is 6.28. The first-order valence-corrected chi connectivity index (χ1v) is 6.28. The Morgan fingerprint density at radius 3 is 2.05 bits per heavy atom. The summed E-state index contributed by atoms with van der Waals surface area (Å²) in [5.74, 6) is -2.04.